The zero-order valence-corrected chi connectivity index (χ0v) is 12.2. The standard InChI is InChI=1S/C12H16BrFN2S/c1-2-16(6-5-12(15)17)8-9-7-10(13)3-4-11(9)14/h3-4,7H,2,5-6,8H2,1H3,(H2,15,17). The van der Waals surface area contributed by atoms with Crippen LogP contribution in [-0.4, -0.2) is 23.0 Å². The van der Waals surface area contributed by atoms with Crippen LogP contribution in [0.3, 0.4) is 0 Å². The lowest BCUT2D eigenvalue weighted by Crippen LogP contribution is -2.27. The average Bonchev–Trinajstić information content (AvgIpc) is 2.28. The maximum atomic E-state index is 13.6. The predicted octanol–water partition coefficient (Wildman–Crippen LogP) is 3.09. The fourth-order valence-electron chi connectivity index (χ4n) is 1.52. The molecule has 17 heavy (non-hydrogen) atoms. The molecule has 0 unspecified atom stereocenters. The minimum atomic E-state index is -0.179. The summed E-state index contributed by atoms with van der Waals surface area (Å²) in [5, 5.41) is 0. The van der Waals surface area contributed by atoms with Crippen molar-refractivity contribution in [2.45, 2.75) is 19.9 Å². The molecule has 0 aliphatic carbocycles. The first-order chi connectivity index (χ1) is 8.02. The summed E-state index contributed by atoms with van der Waals surface area (Å²) in [4.78, 5) is 2.61. The third-order valence-corrected chi connectivity index (χ3v) is 3.22. The molecular formula is C12H16BrFN2S. The Morgan fingerprint density at radius 3 is 2.82 bits per heavy atom. The Kier molecular flexibility index (Phi) is 6.02. The summed E-state index contributed by atoms with van der Waals surface area (Å²) in [7, 11) is 0. The quantitative estimate of drug-likeness (QED) is 0.817. The Morgan fingerprint density at radius 1 is 1.53 bits per heavy atom. The summed E-state index contributed by atoms with van der Waals surface area (Å²) in [5.74, 6) is -0.179. The number of benzene rings is 1. The normalized spacial score (nSPS) is 10.8. The fourth-order valence-corrected chi connectivity index (χ4v) is 2.02. The minimum Gasteiger partial charge on any atom is -0.393 e. The number of thiocarbonyl (C=S) groups is 1. The second kappa shape index (κ2) is 7.03. The van der Waals surface area contributed by atoms with Gasteiger partial charge in [-0.25, -0.2) is 4.39 Å². The van der Waals surface area contributed by atoms with Crippen LogP contribution in [0.1, 0.15) is 18.9 Å². The highest BCUT2D eigenvalue weighted by Gasteiger charge is 2.08. The fraction of sp³-hybridized carbons (Fsp3) is 0.417. The van der Waals surface area contributed by atoms with Crippen LogP contribution in [0.15, 0.2) is 22.7 Å². The van der Waals surface area contributed by atoms with Crippen LogP contribution in [0.4, 0.5) is 4.39 Å². The van der Waals surface area contributed by atoms with Crippen LogP contribution in [0, 0.1) is 5.82 Å². The first-order valence-corrected chi connectivity index (χ1v) is 6.67. The molecule has 0 atom stereocenters. The molecular weight excluding hydrogens is 303 g/mol. The Bertz CT molecular complexity index is 398. The Labute approximate surface area is 115 Å². The average molecular weight is 319 g/mol. The molecule has 94 valence electrons. The van der Waals surface area contributed by atoms with E-state index in [1.165, 1.54) is 6.07 Å². The van der Waals surface area contributed by atoms with Crippen LogP contribution in [0.2, 0.25) is 0 Å². The highest BCUT2D eigenvalue weighted by atomic mass is 79.9. The molecule has 0 radical (unpaired) electrons. The largest absolute Gasteiger partial charge is 0.393 e. The Balaban J connectivity index is 2.66. The maximum absolute atomic E-state index is 13.6. The summed E-state index contributed by atoms with van der Waals surface area (Å²) in [6, 6.07) is 4.98. The van der Waals surface area contributed by atoms with Gasteiger partial charge >= 0.3 is 0 Å². The van der Waals surface area contributed by atoms with Crippen molar-refractivity contribution < 1.29 is 4.39 Å². The van der Waals surface area contributed by atoms with Gasteiger partial charge in [0.2, 0.25) is 0 Å². The van der Waals surface area contributed by atoms with Gasteiger partial charge in [0.1, 0.15) is 5.82 Å². The van der Waals surface area contributed by atoms with E-state index in [9.17, 15) is 4.39 Å². The smallest absolute Gasteiger partial charge is 0.127 e. The van der Waals surface area contributed by atoms with E-state index in [-0.39, 0.29) is 5.82 Å². The van der Waals surface area contributed by atoms with Crippen molar-refractivity contribution in [3.63, 3.8) is 0 Å². The monoisotopic (exact) mass is 318 g/mol. The summed E-state index contributed by atoms with van der Waals surface area (Å²) in [5.41, 5.74) is 6.15. The lowest BCUT2D eigenvalue weighted by Gasteiger charge is -2.20. The van der Waals surface area contributed by atoms with Crippen molar-refractivity contribution in [2.24, 2.45) is 5.73 Å². The van der Waals surface area contributed by atoms with E-state index in [0.29, 0.717) is 23.5 Å². The van der Waals surface area contributed by atoms with Crippen LogP contribution in [0.5, 0.6) is 0 Å². The molecule has 0 amide bonds. The molecule has 0 aliphatic rings. The van der Waals surface area contributed by atoms with Crippen molar-refractivity contribution in [3.05, 3.63) is 34.1 Å². The van der Waals surface area contributed by atoms with Gasteiger partial charge in [0.05, 0.1) is 4.99 Å². The van der Waals surface area contributed by atoms with Gasteiger partial charge in [-0.05, 0) is 24.7 Å². The molecule has 0 aliphatic heterocycles. The van der Waals surface area contributed by atoms with E-state index < -0.39 is 0 Å². The molecule has 0 aromatic heterocycles. The second-order valence-corrected chi connectivity index (χ2v) is 5.26. The SMILES string of the molecule is CCN(CCC(N)=S)Cc1cc(Br)ccc1F. The zero-order chi connectivity index (χ0) is 12.8. The van der Waals surface area contributed by atoms with E-state index >= 15 is 0 Å². The van der Waals surface area contributed by atoms with Crippen LogP contribution in [-0.2, 0) is 6.54 Å². The van der Waals surface area contributed by atoms with Crippen LogP contribution in [0.25, 0.3) is 0 Å². The van der Waals surface area contributed by atoms with Gasteiger partial charge in [-0.2, -0.15) is 0 Å². The van der Waals surface area contributed by atoms with Gasteiger partial charge in [-0.3, -0.25) is 4.90 Å². The number of nitrogens with zero attached hydrogens (tertiary/aromatic N) is 1. The highest BCUT2D eigenvalue weighted by molar-refractivity contribution is 9.10. The molecule has 0 spiro atoms. The van der Waals surface area contributed by atoms with Gasteiger partial charge in [-0.1, -0.05) is 35.1 Å². The van der Waals surface area contributed by atoms with E-state index in [1.54, 1.807) is 12.1 Å². The number of nitrogens with two attached hydrogens (primary N) is 1. The number of hydrogen-bond acceptors (Lipinski definition) is 2. The van der Waals surface area contributed by atoms with Gasteiger partial charge in [0.15, 0.2) is 0 Å². The maximum Gasteiger partial charge on any atom is 0.127 e. The van der Waals surface area contributed by atoms with Gasteiger partial charge in [0.25, 0.3) is 0 Å². The molecule has 0 heterocycles. The van der Waals surface area contributed by atoms with Crippen molar-refractivity contribution in [3.8, 4) is 0 Å². The van der Waals surface area contributed by atoms with Crippen LogP contribution < -0.4 is 5.73 Å². The molecule has 0 bridgehead atoms. The molecule has 0 saturated carbocycles. The summed E-state index contributed by atoms with van der Waals surface area (Å²) in [6.45, 7) is 4.21. The summed E-state index contributed by atoms with van der Waals surface area (Å²) in [6.07, 6.45) is 0.665. The minimum absolute atomic E-state index is 0.179. The molecule has 1 rings (SSSR count). The number of halogens is 2. The van der Waals surface area contributed by atoms with Gasteiger partial charge in [0, 0.05) is 29.5 Å². The topological polar surface area (TPSA) is 29.3 Å². The van der Waals surface area contributed by atoms with E-state index in [2.05, 4.69) is 20.8 Å². The molecule has 0 saturated heterocycles. The second-order valence-electron chi connectivity index (χ2n) is 3.82. The first kappa shape index (κ1) is 14.5. The lowest BCUT2D eigenvalue weighted by molar-refractivity contribution is 0.284. The summed E-state index contributed by atoms with van der Waals surface area (Å²) < 4.78 is 14.5. The van der Waals surface area contributed by atoms with Gasteiger partial charge in [-0.15, -0.1) is 0 Å². The lowest BCUT2D eigenvalue weighted by atomic mass is 10.2. The van der Waals surface area contributed by atoms with E-state index in [4.69, 9.17) is 18.0 Å². The Hall–Kier alpha value is -0.520. The molecule has 1 aromatic rings. The number of rotatable bonds is 6. The van der Waals surface area contributed by atoms with Crippen molar-refractivity contribution in [1.82, 2.24) is 4.90 Å². The van der Waals surface area contributed by atoms with E-state index in [1.807, 2.05) is 6.92 Å². The van der Waals surface area contributed by atoms with Gasteiger partial charge < -0.3 is 5.73 Å². The first-order valence-electron chi connectivity index (χ1n) is 5.47. The third kappa shape index (κ3) is 5.10. The van der Waals surface area contributed by atoms with E-state index in [0.717, 1.165) is 17.6 Å². The number of hydrogen-bond donors (Lipinski definition) is 1. The van der Waals surface area contributed by atoms with Crippen molar-refractivity contribution in [2.75, 3.05) is 13.1 Å². The Morgan fingerprint density at radius 2 is 2.24 bits per heavy atom. The summed E-state index contributed by atoms with van der Waals surface area (Å²) >= 11 is 8.19. The van der Waals surface area contributed by atoms with Crippen LogP contribution >= 0.6 is 28.1 Å². The zero-order valence-electron chi connectivity index (χ0n) is 9.75. The molecule has 2 N–H and O–H groups in total. The molecule has 2 nitrogen and oxygen atoms in total. The van der Waals surface area contributed by atoms with Crippen molar-refractivity contribution in [1.29, 1.82) is 0 Å². The molecule has 1 aromatic carbocycles. The highest BCUT2D eigenvalue weighted by Crippen LogP contribution is 2.17. The predicted molar refractivity (Wildman–Crippen MR) is 76.5 cm³/mol. The molecule has 0 fully saturated rings. The molecule has 5 heteroatoms. The van der Waals surface area contributed by atoms with Crippen molar-refractivity contribution >= 4 is 33.1 Å². The third-order valence-electron chi connectivity index (χ3n) is 2.52.